The zero-order chi connectivity index (χ0) is 25.0. The molecule has 3 aliphatic heterocycles. The number of carbonyl (C=O) groups excluding carboxylic acids is 1. The third kappa shape index (κ3) is 2.39. The van der Waals surface area contributed by atoms with Crippen LogP contribution in [-0.2, 0) is 19.0 Å². The number of rotatable bonds is 2. The van der Waals surface area contributed by atoms with Crippen molar-refractivity contribution in [1.29, 1.82) is 0 Å². The fourth-order valence-corrected chi connectivity index (χ4v) is 10.1. The second-order valence-corrected chi connectivity index (χ2v) is 13.8. The molecule has 0 radical (unpaired) electrons. The van der Waals surface area contributed by atoms with Crippen molar-refractivity contribution in [2.24, 2.45) is 34.5 Å². The van der Waals surface area contributed by atoms with Crippen molar-refractivity contribution < 1.29 is 34.3 Å². The van der Waals surface area contributed by atoms with Gasteiger partial charge in [0.1, 0.15) is 22.9 Å². The van der Waals surface area contributed by atoms with Crippen molar-refractivity contribution in [2.45, 2.75) is 120 Å². The molecular formula is C28H40O7. The Morgan fingerprint density at radius 3 is 2.49 bits per heavy atom. The topological polar surface area (TPSA) is 112 Å². The van der Waals surface area contributed by atoms with Crippen LogP contribution in [-0.4, -0.2) is 68.1 Å². The highest BCUT2D eigenvalue weighted by Gasteiger charge is 2.79. The van der Waals surface area contributed by atoms with E-state index in [9.17, 15) is 20.1 Å². The molecule has 7 rings (SSSR count). The molecule has 0 bridgehead atoms. The summed E-state index contributed by atoms with van der Waals surface area (Å²) >= 11 is 0. The van der Waals surface area contributed by atoms with E-state index >= 15 is 0 Å². The summed E-state index contributed by atoms with van der Waals surface area (Å²) in [5, 5.41) is 34.8. The second kappa shape index (κ2) is 6.41. The second-order valence-electron chi connectivity index (χ2n) is 13.8. The van der Waals surface area contributed by atoms with E-state index in [1.54, 1.807) is 12.2 Å². The molecule has 0 aromatic carbocycles. The van der Waals surface area contributed by atoms with E-state index in [4.69, 9.17) is 14.2 Å². The first kappa shape index (κ1) is 23.3. The number of ketones is 1. The lowest BCUT2D eigenvalue weighted by atomic mass is 9.43. The molecule has 3 heterocycles. The van der Waals surface area contributed by atoms with E-state index in [1.165, 1.54) is 0 Å². The highest BCUT2D eigenvalue weighted by Crippen LogP contribution is 2.73. The van der Waals surface area contributed by atoms with Crippen molar-refractivity contribution in [3.63, 3.8) is 0 Å². The number of epoxide rings is 2. The average molecular weight is 489 g/mol. The van der Waals surface area contributed by atoms with E-state index in [0.717, 1.165) is 19.3 Å². The Labute approximate surface area is 207 Å². The lowest BCUT2D eigenvalue weighted by Crippen LogP contribution is -2.68. The zero-order valence-corrected chi connectivity index (χ0v) is 21.5. The Bertz CT molecular complexity index is 1030. The average Bonchev–Trinajstić information content (AvgIpc) is 3.67. The van der Waals surface area contributed by atoms with Crippen LogP contribution in [0.3, 0.4) is 0 Å². The lowest BCUT2D eigenvalue weighted by molar-refractivity contribution is -0.235. The Morgan fingerprint density at radius 1 is 1.06 bits per heavy atom. The van der Waals surface area contributed by atoms with Gasteiger partial charge in [0.05, 0.1) is 23.2 Å². The molecule has 0 spiro atoms. The molecule has 35 heavy (non-hydrogen) atoms. The summed E-state index contributed by atoms with van der Waals surface area (Å²) in [7, 11) is 0. The molecule has 14 atom stereocenters. The SMILES string of the molecule is C[C@H]([C@H]1C[C@]2(C)O[C@]2(C)[C@H](O)O1)[C@@]1(O)CC[C@H]2[C@@H]3[C@@H]4O[C@@H]4[C@@]4(O)CC=CC(=O)[C@]4(C)[C@H]3CC[C@@]21C. The molecule has 7 nitrogen and oxygen atoms in total. The maximum Gasteiger partial charge on any atom is 0.186 e. The van der Waals surface area contributed by atoms with E-state index in [0.29, 0.717) is 19.3 Å². The van der Waals surface area contributed by atoms with Gasteiger partial charge in [-0.3, -0.25) is 4.79 Å². The molecule has 4 aliphatic carbocycles. The van der Waals surface area contributed by atoms with Crippen molar-refractivity contribution in [3.05, 3.63) is 12.2 Å². The number of hydrogen-bond acceptors (Lipinski definition) is 7. The number of ether oxygens (including phenoxy) is 3. The summed E-state index contributed by atoms with van der Waals surface area (Å²) < 4.78 is 18.2. The third-order valence-electron chi connectivity index (χ3n) is 12.9. The predicted molar refractivity (Wildman–Crippen MR) is 125 cm³/mol. The molecule has 7 heteroatoms. The van der Waals surface area contributed by atoms with Gasteiger partial charge in [-0.05, 0) is 82.1 Å². The Morgan fingerprint density at radius 2 is 1.77 bits per heavy atom. The monoisotopic (exact) mass is 488 g/mol. The summed E-state index contributed by atoms with van der Waals surface area (Å²) in [6, 6.07) is 0. The van der Waals surface area contributed by atoms with E-state index < -0.39 is 34.1 Å². The highest BCUT2D eigenvalue weighted by atomic mass is 16.7. The minimum absolute atomic E-state index is 0.0192. The first-order chi connectivity index (χ1) is 16.3. The number of hydrogen-bond donors (Lipinski definition) is 3. The lowest BCUT2D eigenvalue weighted by Gasteiger charge is -2.61. The first-order valence-corrected chi connectivity index (χ1v) is 13.6. The van der Waals surface area contributed by atoms with Gasteiger partial charge in [-0.1, -0.05) is 19.9 Å². The third-order valence-corrected chi connectivity index (χ3v) is 12.9. The minimum atomic E-state index is -1.14. The van der Waals surface area contributed by atoms with Crippen molar-refractivity contribution in [2.75, 3.05) is 0 Å². The maximum atomic E-state index is 13.3. The fraction of sp³-hybridized carbons (Fsp3) is 0.893. The van der Waals surface area contributed by atoms with E-state index in [2.05, 4.69) is 13.8 Å². The van der Waals surface area contributed by atoms with Gasteiger partial charge in [0, 0.05) is 12.3 Å². The molecule has 0 aromatic heterocycles. The van der Waals surface area contributed by atoms with Crippen LogP contribution in [0.25, 0.3) is 0 Å². The van der Waals surface area contributed by atoms with Gasteiger partial charge in [-0.2, -0.15) is 0 Å². The van der Waals surface area contributed by atoms with Gasteiger partial charge in [-0.15, -0.1) is 0 Å². The number of aliphatic hydroxyl groups is 3. The fourth-order valence-electron chi connectivity index (χ4n) is 10.1. The number of allylic oxidation sites excluding steroid dienone is 1. The van der Waals surface area contributed by atoms with Crippen LogP contribution in [0.4, 0.5) is 0 Å². The van der Waals surface area contributed by atoms with Crippen molar-refractivity contribution in [1.82, 2.24) is 0 Å². The van der Waals surface area contributed by atoms with Gasteiger partial charge in [-0.25, -0.2) is 0 Å². The molecule has 7 aliphatic rings. The first-order valence-electron chi connectivity index (χ1n) is 13.6. The van der Waals surface area contributed by atoms with Crippen LogP contribution in [0.2, 0.25) is 0 Å². The summed E-state index contributed by atoms with van der Waals surface area (Å²) in [5.74, 6) is 0.226. The molecule has 6 fully saturated rings. The molecule has 0 amide bonds. The summed E-state index contributed by atoms with van der Waals surface area (Å²) in [5.41, 5.74) is -4.40. The molecule has 0 aromatic rings. The zero-order valence-electron chi connectivity index (χ0n) is 21.5. The van der Waals surface area contributed by atoms with Crippen molar-refractivity contribution >= 4 is 5.78 Å². The summed E-state index contributed by atoms with van der Waals surface area (Å²) in [6.45, 7) is 10.2. The van der Waals surface area contributed by atoms with Crippen LogP contribution in [0.1, 0.15) is 73.1 Å². The van der Waals surface area contributed by atoms with Gasteiger partial charge < -0.3 is 29.5 Å². The Balaban J connectivity index is 1.21. The van der Waals surface area contributed by atoms with Gasteiger partial charge >= 0.3 is 0 Å². The molecule has 3 saturated carbocycles. The highest BCUT2D eigenvalue weighted by molar-refractivity contribution is 5.97. The number of carbonyl (C=O) groups is 1. The van der Waals surface area contributed by atoms with Crippen LogP contribution >= 0.6 is 0 Å². The minimum Gasteiger partial charge on any atom is -0.389 e. The quantitative estimate of drug-likeness (QED) is 0.512. The van der Waals surface area contributed by atoms with E-state index in [1.807, 2.05) is 20.8 Å². The molecule has 0 unspecified atom stereocenters. The van der Waals surface area contributed by atoms with Crippen LogP contribution in [0.15, 0.2) is 12.2 Å². The van der Waals surface area contributed by atoms with Crippen molar-refractivity contribution in [3.8, 4) is 0 Å². The number of aliphatic hydroxyl groups excluding tert-OH is 1. The Hall–Kier alpha value is -0.830. The van der Waals surface area contributed by atoms with E-state index in [-0.39, 0.29) is 53.2 Å². The summed E-state index contributed by atoms with van der Waals surface area (Å²) in [4.78, 5) is 13.3. The van der Waals surface area contributed by atoms with Gasteiger partial charge in [0.2, 0.25) is 0 Å². The molecule has 3 saturated heterocycles. The molecule has 3 N–H and O–H groups in total. The van der Waals surface area contributed by atoms with Gasteiger partial charge in [0.15, 0.2) is 12.1 Å². The van der Waals surface area contributed by atoms with Crippen LogP contribution in [0, 0.1) is 34.5 Å². The predicted octanol–water partition coefficient (Wildman–Crippen LogP) is 2.50. The largest absolute Gasteiger partial charge is 0.389 e. The maximum absolute atomic E-state index is 13.3. The van der Waals surface area contributed by atoms with Crippen LogP contribution < -0.4 is 0 Å². The number of fused-ring (bicyclic) bond motifs is 9. The normalized spacial score (nSPS) is 64.9. The molecule has 194 valence electrons. The molecular weight excluding hydrogens is 448 g/mol. The Kier molecular flexibility index (Phi) is 4.27. The summed E-state index contributed by atoms with van der Waals surface area (Å²) in [6.07, 6.45) is 6.03. The van der Waals surface area contributed by atoms with Gasteiger partial charge in [0.25, 0.3) is 0 Å². The smallest absolute Gasteiger partial charge is 0.186 e. The van der Waals surface area contributed by atoms with Crippen LogP contribution in [0.5, 0.6) is 0 Å². The standard InChI is InChI=1S/C28H40O7/c1-14(17-13-24(3)26(5,35-24)22(30)33-17)27(31)12-9-15-19-16(8-11-23(15,27)2)25(4)18(29)7-6-10-28(25,32)21-20(19)34-21/h6-7,14-17,19-22,30-32H,8-13H2,1-5H3/t14-,15+,16+,17-,19+,20+,21+,22-,23+,24+,25+,26-,27+,28+/m1/s1.